The van der Waals surface area contributed by atoms with Gasteiger partial charge in [0.15, 0.2) is 0 Å². The summed E-state index contributed by atoms with van der Waals surface area (Å²) in [5, 5.41) is 18.3. The van der Waals surface area contributed by atoms with Crippen molar-refractivity contribution in [1.29, 1.82) is 0 Å². The van der Waals surface area contributed by atoms with E-state index in [0.717, 1.165) is 37.0 Å². The zero-order valence-corrected chi connectivity index (χ0v) is 25.1. The van der Waals surface area contributed by atoms with Crippen LogP contribution in [0.4, 0.5) is 29.2 Å². The van der Waals surface area contributed by atoms with Crippen LogP contribution in [0.25, 0.3) is 10.8 Å². The number of piperidine rings is 2. The van der Waals surface area contributed by atoms with Crippen molar-refractivity contribution in [2.75, 3.05) is 59.7 Å². The fourth-order valence-corrected chi connectivity index (χ4v) is 6.26. The van der Waals surface area contributed by atoms with E-state index in [9.17, 15) is 9.90 Å². The first-order valence-corrected chi connectivity index (χ1v) is 15.4. The van der Waals surface area contributed by atoms with E-state index in [1.165, 1.54) is 0 Å². The summed E-state index contributed by atoms with van der Waals surface area (Å²) in [6, 6.07) is 17.8. The van der Waals surface area contributed by atoms with Crippen LogP contribution in [-0.4, -0.2) is 77.3 Å². The van der Waals surface area contributed by atoms with Gasteiger partial charge in [-0.3, -0.25) is 4.79 Å². The number of amides is 1. The molecule has 0 aliphatic carbocycles. The van der Waals surface area contributed by atoms with Crippen LogP contribution in [0.2, 0.25) is 0 Å². The molecular weight excluding hydrogens is 570 g/mol. The van der Waals surface area contributed by atoms with Crippen LogP contribution >= 0.6 is 0 Å². The maximum absolute atomic E-state index is 13.0. The number of aromatic nitrogens is 3. The number of benzene rings is 3. The first kappa shape index (κ1) is 30.5. The topological polar surface area (TPSA) is 211 Å². The van der Waals surface area contributed by atoms with E-state index in [1.54, 1.807) is 24.3 Å². The predicted molar refractivity (Wildman–Crippen MR) is 178 cm³/mol. The van der Waals surface area contributed by atoms with Crippen LogP contribution in [0.5, 0.6) is 5.75 Å². The van der Waals surface area contributed by atoms with Gasteiger partial charge < -0.3 is 48.5 Å². The number of carbonyl (C=O) groups excluding carboxylic acids is 1. The number of rotatable bonds is 8. The van der Waals surface area contributed by atoms with Crippen molar-refractivity contribution in [1.82, 2.24) is 15.0 Å². The summed E-state index contributed by atoms with van der Waals surface area (Å²) in [5.74, 6) is 1.55. The zero-order chi connectivity index (χ0) is 31.5. The standard InChI is InChI=1S/C32H41N11O2/c33-13-19-11-20(14-34)16-42(15-19)31-39-30(40-32(41-31)43-17-22(35)12-23(36)18-43)38-25-8-6-24(7-9-25)37-29(45)27-10-5-21-3-1-2-4-26(21)28(27)44/h1-10,19-20,22-23,44H,11-18,33-36H2,(H,37,45)(H,38,39,40,41)/t19-,20+,22-,23+. The van der Waals surface area contributed by atoms with Gasteiger partial charge in [0.1, 0.15) is 5.75 Å². The Bertz CT molecular complexity index is 1630. The second kappa shape index (κ2) is 13.2. The van der Waals surface area contributed by atoms with Crippen molar-refractivity contribution >= 4 is 45.9 Å². The normalized spacial score (nSPS) is 22.0. The van der Waals surface area contributed by atoms with Crippen molar-refractivity contribution < 1.29 is 9.90 Å². The van der Waals surface area contributed by atoms with E-state index in [1.807, 2.05) is 41.3 Å². The molecule has 13 heteroatoms. The fraction of sp³-hybridized carbons (Fsp3) is 0.375. The van der Waals surface area contributed by atoms with Gasteiger partial charge in [0, 0.05) is 55.0 Å². The lowest BCUT2D eigenvalue weighted by atomic mass is 9.89. The van der Waals surface area contributed by atoms with Gasteiger partial charge in [-0.15, -0.1) is 0 Å². The first-order chi connectivity index (χ1) is 21.8. The van der Waals surface area contributed by atoms with E-state index in [-0.39, 0.29) is 23.4 Å². The maximum Gasteiger partial charge on any atom is 0.259 e. The van der Waals surface area contributed by atoms with Crippen molar-refractivity contribution in [2.45, 2.75) is 24.9 Å². The molecule has 2 aliphatic heterocycles. The molecule has 0 unspecified atom stereocenters. The first-order valence-electron chi connectivity index (χ1n) is 15.4. The average Bonchev–Trinajstić information content (AvgIpc) is 3.05. The third-order valence-corrected chi connectivity index (χ3v) is 8.53. The number of carbonyl (C=O) groups is 1. The number of phenols is 1. The minimum Gasteiger partial charge on any atom is -0.506 e. The minimum atomic E-state index is -0.406. The van der Waals surface area contributed by atoms with Crippen LogP contribution in [-0.2, 0) is 0 Å². The summed E-state index contributed by atoms with van der Waals surface area (Å²) >= 11 is 0. The van der Waals surface area contributed by atoms with Gasteiger partial charge in [-0.2, -0.15) is 15.0 Å². The second-order valence-corrected chi connectivity index (χ2v) is 12.1. The average molecular weight is 612 g/mol. The molecule has 4 aromatic rings. The molecule has 236 valence electrons. The lowest BCUT2D eigenvalue weighted by molar-refractivity contribution is 0.102. The van der Waals surface area contributed by atoms with Gasteiger partial charge in [-0.25, -0.2) is 0 Å². The molecule has 3 aromatic carbocycles. The molecule has 2 aliphatic rings. The largest absolute Gasteiger partial charge is 0.506 e. The van der Waals surface area contributed by atoms with Crippen molar-refractivity contribution in [3.8, 4) is 5.75 Å². The lowest BCUT2D eigenvalue weighted by Crippen LogP contribution is -2.53. The molecule has 4 atom stereocenters. The highest BCUT2D eigenvalue weighted by atomic mass is 16.3. The molecule has 0 spiro atoms. The third-order valence-electron chi connectivity index (χ3n) is 8.53. The molecule has 45 heavy (non-hydrogen) atoms. The Morgan fingerprint density at radius 2 is 1.38 bits per heavy atom. The number of nitrogens with one attached hydrogen (secondary N) is 2. The third kappa shape index (κ3) is 6.91. The monoisotopic (exact) mass is 611 g/mol. The van der Waals surface area contributed by atoms with E-state index < -0.39 is 5.91 Å². The highest BCUT2D eigenvalue weighted by Gasteiger charge is 2.30. The van der Waals surface area contributed by atoms with E-state index in [0.29, 0.717) is 66.9 Å². The zero-order valence-electron chi connectivity index (χ0n) is 25.1. The van der Waals surface area contributed by atoms with Crippen molar-refractivity contribution in [3.05, 3.63) is 66.2 Å². The smallest absolute Gasteiger partial charge is 0.259 e. The van der Waals surface area contributed by atoms with Gasteiger partial charge in [0.25, 0.3) is 5.91 Å². The second-order valence-electron chi connectivity index (χ2n) is 12.1. The Labute approximate surface area is 262 Å². The van der Waals surface area contributed by atoms with Crippen LogP contribution in [0, 0.1) is 11.8 Å². The highest BCUT2D eigenvalue weighted by molar-refractivity contribution is 6.09. The van der Waals surface area contributed by atoms with Crippen molar-refractivity contribution in [3.63, 3.8) is 0 Å². The number of fused-ring (bicyclic) bond motifs is 1. The minimum absolute atomic E-state index is 0.0507. The summed E-state index contributed by atoms with van der Waals surface area (Å²) in [4.78, 5) is 31.6. The SMILES string of the molecule is NC[C@@H]1C[C@H](CN)CN(c2nc(Nc3ccc(NC(=O)c4ccc5ccccc5c4O)cc3)nc(N3C[C@H](N)C[C@H](N)C3)n2)C1. The van der Waals surface area contributed by atoms with Crippen LogP contribution < -0.4 is 43.4 Å². The number of hydrogen-bond acceptors (Lipinski definition) is 12. The van der Waals surface area contributed by atoms with Gasteiger partial charge in [-0.05, 0) is 73.5 Å². The van der Waals surface area contributed by atoms with Crippen LogP contribution in [0.1, 0.15) is 23.2 Å². The van der Waals surface area contributed by atoms with Gasteiger partial charge >= 0.3 is 0 Å². The molecule has 1 amide bonds. The summed E-state index contributed by atoms with van der Waals surface area (Å²) in [5.41, 5.74) is 26.2. The Hall–Kier alpha value is -4.56. The molecule has 0 radical (unpaired) electrons. The number of aromatic hydroxyl groups is 1. The molecule has 1 aromatic heterocycles. The molecule has 11 N–H and O–H groups in total. The molecule has 13 nitrogen and oxygen atoms in total. The summed E-state index contributed by atoms with van der Waals surface area (Å²) in [6.07, 6.45) is 1.72. The number of nitrogens with two attached hydrogens (primary N) is 4. The molecule has 0 bridgehead atoms. The number of hydrogen-bond donors (Lipinski definition) is 7. The quantitative estimate of drug-likeness (QED) is 0.152. The Morgan fingerprint density at radius 1 is 0.778 bits per heavy atom. The van der Waals surface area contributed by atoms with Gasteiger partial charge in [-0.1, -0.05) is 30.3 Å². The van der Waals surface area contributed by atoms with Crippen molar-refractivity contribution in [2.24, 2.45) is 34.8 Å². The lowest BCUT2D eigenvalue weighted by Gasteiger charge is -2.38. The number of phenolic OH excluding ortho intramolecular Hbond substituents is 1. The number of anilines is 5. The molecular formula is C32H41N11O2. The fourth-order valence-electron chi connectivity index (χ4n) is 6.26. The summed E-state index contributed by atoms with van der Waals surface area (Å²) < 4.78 is 0. The van der Waals surface area contributed by atoms with Crippen LogP contribution in [0.3, 0.4) is 0 Å². The number of nitrogens with zero attached hydrogens (tertiary/aromatic N) is 5. The Balaban J connectivity index is 1.22. The highest BCUT2D eigenvalue weighted by Crippen LogP contribution is 2.30. The van der Waals surface area contributed by atoms with Gasteiger partial charge in [0.2, 0.25) is 17.8 Å². The van der Waals surface area contributed by atoms with E-state index in [2.05, 4.69) is 15.5 Å². The van der Waals surface area contributed by atoms with E-state index in [4.69, 9.17) is 37.9 Å². The maximum atomic E-state index is 13.0. The van der Waals surface area contributed by atoms with E-state index >= 15 is 0 Å². The molecule has 6 rings (SSSR count). The summed E-state index contributed by atoms with van der Waals surface area (Å²) in [7, 11) is 0. The molecule has 0 saturated carbocycles. The molecule has 3 heterocycles. The molecule has 2 fully saturated rings. The van der Waals surface area contributed by atoms with Crippen LogP contribution in [0.15, 0.2) is 60.7 Å². The predicted octanol–water partition coefficient (Wildman–Crippen LogP) is 1.95. The Morgan fingerprint density at radius 3 is 2.02 bits per heavy atom. The van der Waals surface area contributed by atoms with Gasteiger partial charge in [0.05, 0.1) is 5.56 Å². The molecule has 2 saturated heterocycles. The summed E-state index contributed by atoms with van der Waals surface area (Å²) in [6.45, 7) is 3.78. The Kier molecular flexibility index (Phi) is 8.94.